The molecule has 1 heterocycles. The molecule has 6 heteroatoms. The number of methoxy groups -OCH3 is 2. The number of rotatable bonds is 5. The van der Waals surface area contributed by atoms with Gasteiger partial charge in [0.05, 0.1) is 25.3 Å². The van der Waals surface area contributed by atoms with E-state index in [2.05, 4.69) is 0 Å². The molecule has 0 saturated carbocycles. The van der Waals surface area contributed by atoms with Crippen molar-refractivity contribution in [3.8, 4) is 28.4 Å². The first kappa shape index (κ1) is 20.2. The molecule has 0 radical (unpaired) electrons. The molecule has 4 aromatic rings. The highest BCUT2D eigenvalue weighted by molar-refractivity contribution is 5.93. The summed E-state index contributed by atoms with van der Waals surface area (Å²) >= 11 is 0. The van der Waals surface area contributed by atoms with Crippen molar-refractivity contribution in [3.63, 3.8) is 0 Å². The van der Waals surface area contributed by atoms with Gasteiger partial charge in [-0.25, -0.2) is 9.59 Å². The average Bonchev–Trinajstić information content (AvgIpc) is 2.79. The van der Waals surface area contributed by atoms with Gasteiger partial charge in [-0.3, -0.25) is 0 Å². The van der Waals surface area contributed by atoms with Gasteiger partial charge in [0.2, 0.25) is 0 Å². The first-order chi connectivity index (χ1) is 15.0. The Labute approximate surface area is 178 Å². The predicted molar refractivity (Wildman–Crippen MR) is 117 cm³/mol. The topological polar surface area (TPSA) is 75.0 Å². The van der Waals surface area contributed by atoms with E-state index in [-0.39, 0.29) is 0 Å². The molecule has 0 fully saturated rings. The lowest BCUT2D eigenvalue weighted by Gasteiger charge is -2.11. The van der Waals surface area contributed by atoms with Gasteiger partial charge in [0.1, 0.15) is 11.3 Å². The van der Waals surface area contributed by atoms with E-state index in [0.717, 1.165) is 11.1 Å². The summed E-state index contributed by atoms with van der Waals surface area (Å²) < 4.78 is 21.5. The van der Waals surface area contributed by atoms with Crippen molar-refractivity contribution < 1.29 is 23.4 Å². The molecule has 156 valence electrons. The highest BCUT2D eigenvalue weighted by Gasteiger charge is 2.16. The molecule has 0 aliphatic rings. The minimum Gasteiger partial charge on any atom is -0.493 e. The largest absolute Gasteiger partial charge is 0.493 e. The van der Waals surface area contributed by atoms with Crippen LogP contribution in [0.2, 0.25) is 0 Å². The minimum absolute atomic E-state index is 0.319. The lowest BCUT2D eigenvalue weighted by atomic mass is 9.99. The molecule has 0 unspecified atom stereocenters. The van der Waals surface area contributed by atoms with Crippen molar-refractivity contribution in [2.75, 3.05) is 14.2 Å². The molecule has 0 N–H and O–H groups in total. The quantitative estimate of drug-likeness (QED) is 0.259. The Morgan fingerprint density at radius 1 is 0.871 bits per heavy atom. The van der Waals surface area contributed by atoms with Gasteiger partial charge in [-0.15, -0.1) is 0 Å². The normalized spacial score (nSPS) is 10.7. The van der Waals surface area contributed by atoms with Crippen LogP contribution < -0.4 is 19.8 Å². The van der Waals surface area contributed by atoms with Crippen molar-refractivity contribution in [1.82, 2.24) is 0 Å². The second-order valence-corrected chi connectivity index (χ2v) is 6.87. The van der Waals surface area contributed by atoms with Crippen LogP contribution in [0.5, 0.6) is 17.2 Å². The third kappa shape index (κ3) is 3.88. The first-order valence-electron chi connectivity index (χ1n) is 9.59. The van der Waals surface area contributed by atoms with E-state index >= 15 is 0 Å². The van der Waals surface area contributed by atoms with Crippen LogP contribution in [0.25, 0.3) is 22.1 Å². The maximum absolute atomic E-state index is 12.7. The zero-order chi connectivity index (χ0) is 22.0. The molecular formula is C25H20O6. The van der Waals surface area contributed by atoms with Crippen LogP contribution in [-0.4, -0.2) is 20.2 Å². The highest BCUT2D eigenvalue weighted by Crippen LogP contribution is 2.31. The maximum atomic E-state index is 12.7. The van der Waals surface area contributed by atoms with E-state index in [1.54, 1.807) is 36.4 Å². The van der Waals surface area contributed by atoms with E-state index in [1.165, 1.54) is 14.2 Å². The van der Waals surface area contributed by atoms with Gasteiger partial charge in [-0.05, 0) is 54.4 Å². The Morgan fingerprint density at radius 3 is 2.32 bits per heavy atom. The van der Waals surface area contributed by atoms with E-state index < -0.39 is 11.6 Å². The fourth-order valence-electron chi connectivity index (χ4n) is 3.46. The van der Waals surface area contributed by atoms with Crippen molar-refractivity contribution in [3.05, 3.63) is 88.3 Å². The summed E-state index contributed by atoms with van der Waals surface area (Å²) in [6.45, 7) is 1.85. The summed E-state index contributed by atoms with van der Waals surface area (Å²) in [7, 11) is 3.02. The molecule has 0 amide bonds. The fraction of sp³-hybridized carbons (Fsp3) is 0.120. The standard InChI is InChI=1S/C25H20O6/c1-15-19-14-18(30-24(26)17-9-11-21(28-2)22(13-17)29-3)10-12-20(19)31-25(27)23(15)16-7-5-4-6-8-16/h4-14H,1-3H3. The number of hydrogen-bond donors (Lipinski definition) is 0. The summed E-state index contributed by atoms with van der Waals surface area (Å²) in [5, 5.41) is 0.691. The minimum atomic E-state index is -0.543. The Morgan fingerprint density at radius 2 is 1.61 bits per heavy atom. The molecule has 31 heavy (non-hydrogen) atoms. The lowest BCUT2D eigenvalue weighted by Crippen LogP contribution is -2.09. The molecule has 0 atom stereocenters. The summed E-state index contributed by atoms with van der Waals surface area (Å²) in [5.41, 5.74) is 2.33. The van der Waals surface area contributed by atoms with Gasteiger partial charge in [0.25, 0.3) is 0 Å². The van der Waals surface area contributed by atoms with Crippen molar-refractivity contribution >= 4 is 16.9 Å². The molecular weight excluding hydrogens is 396 g/mol. The molecule has 6 nitrogen and oxygen atoms in total. The zero-order valence-corrected chi connectivity index (χ0v) is 17.3. The highest BCUT2D eigenvalue weighted by atomic mass is 16.5. The number of benzene rings is 3. The Balaban J connectivity index is 1.71. The van der Waals surface area contributed by atoms with E-state index in [4.69, 9.17) is 18.6 Å². The summed E-state index contributed by atoms with van der Waals surface area (Å²) in [5.74, 6) is 0.742. The zero-order valence-electron chi connectivity index (χ0n) is 17.3. The lowest BCUT2D eigenvalue weighted by molar-refractivity contribution is 0.0734. The predicted octanol–water partition coefficient (Wildman–Crippen LogP) is 5.00. The average molecular weight is 416 g/mol. The second kappa shape index (κ2) is 8.36. The van der Waals surface area contributed by atoms with Crippen LogP contribution in [0.4, 0.5) is 0 Å². The van der Waals surface area contributed by atoms with Crippen LogP contribution in [0.3, 0.4) is 0 Å². The third-order valence-corrected chi connectivity index (χ3v) is 5.03. The van der Waals surface area contributed by atoms with Crippen molar-refractivity contribution in [2.45, 2.75) is 6.92 Å². The summed E-state index contributed by atoms with van der Waals surface area (Å²) in [6.07, 6.45) is 0. The SMILES string of the molecule is COc1ccc(C(=O)Oc2ccc3oc(=O)c(-c4ccccc4)c(C)c3c2)cc1OC. The molecule has 4 rings (SSSR count). The molecule has 0 saturated heterocycles. The molecule has 3 aromatic carbocycles. The van der Waals surface area contributed by atoms with Gasteiger partial charge in [-0.2, -0.15) is 0 Å². The van der Waals surface area contributed by atoms with E-state index in [1.807, 2.05) is 37.3 Å². The first-order valence-corrected chi connectivity index (χ1v) is 9.59. The second-order valence-electron chi connectivity index (χ2n) is 6.87. The maximum Gasteiger partial charge on any atom is 0.344 e. The summed E-state index contributed by atoms with van der Waals surface area (Å²) in [4.78, 5) is 25.2. The van der Waals surface area contributed by atoms with E-state index in [0.29, 0.717) is 39.3 Å². The van der Waals surface area contributed by atoms with Gasteiger partial charge in [0, 0.05) is 5.39 Å². The molecule has 0 aliphatic heterocycles. The molecule has 0 bridgehead atoms. The van der Waals surface area contributed by atoms with Crippen LogP contribution in [0.15, 0.2) is 75.9 Å². The molecule has 0 spiro atoms. The number of ether oxygens (including phenoxy) is 3. The van der Waals surface area contributed by atoms with Gasteiger partial charge >= 0.3 is 11.6 Å². The van der Waals surface area contributed by atoms with Crippen molar-refractivity contribution in [1.29, 1.82) is 0 Å². The number of carbonyl (C=O) groups excluding carboxylic acids is 1. The van der Waals surface area contributed by atoms with Crippen LogP contribution >= 0.6 is 0 Å². The monoisotopic (exact) mass is 416 g/mol. The smallest absolute Gasteiger partial charge is 0.344 e. The number of aryl methyl sites for hydroxylation is 1. The van der Waals surface area contributed by atoms with Crippen molar-refractivity contribution in [2.24, 2.45) is 0 Å². The Bertz CT molecular complexity index is 1320. The molecule has 0 aliphatic carbocycles. The number of carbonyl (C=O) groups is 1. The number of hydrogen-bond acceptors (Lipinski definition) is 6. The number of esters is 1. The molecule has 1 aromatic heterocycles. The Hall–Kier alpha value is -4.06. The van der Waals surface area contributed by atoms with Crippen LogP contribution in [0, 0.1) is 6.92 Å². The van der Waals surface area contributed by atoms with E-state index in [9.17, 15) is 9.59 Å². The summed E-state index contributed by atoms with van der Waals surface area (Å²) in [6, 6.07) is 19.0. The van der Waals surface area contributed by atoms with Gasteiger partial charge in [0.15, 0.2) is 11.5 Å². The number of fused-ring (bicyclic) bond motifs is 1. The Kier molecular flexibility index (Phi) is 5.45. The van der Waals surface area contributed by atoms with Gasteiger partial charge < -0.3 is 18.6 Å². The fourth-order valence-corrected chi connectivity index (χ4v) is 3.46. The third-order valence-electron chi connectivity index (χ3n) is 5.03. The van der Waals surface area contributed by atoms with Gasteiger partial charge in [-0.1, -0.05) is 30.3 Å². The van der Waals surface area contributed by atoms with Crippen LogP contribution in [0.1, 0.15) is 15.9 Å². The van der Waals surface area contributed by atoms with Crippen LogP contribution in [-0.2, 0) is 0 Å².